The third-order valence-corrected chi connectivity index (χ3v) is 5.77. The number of carbonyl (C=O) groups is 1. The fourth-order valence-corrected chi connectivity index (χ4v) is 3.76. The Labute approximate surface area is 144 Å². The van der Waals surface area contributed by atoms with E-state index in [0.29, 0.717) is 6.61 Å². The second kappa shape index (κ2) is 7.52. The van der Waals surface area contributed by atoms with Crippen LogP contribution in [0.4, 0.5) is 0 Å². The summed E-state index contributed by atoms with van der Waals surface area (Å²) < 4.78 is 6.12. The lowest BCUT2D eigenvalue weighted by molar-refractivity contribution is -0.145. The molecule has 3 atom stereocenters. The van der Waals surface area contributed by atoms with Crippen LogP contribution < -0.4 is 0 Å². The predicted molar refractivity (Wildman–Crippen MR) is 94.9 cm³/mol. The van der Waals surface area contributed by atoms with Gasteiger partial charge in [0.2, 0.25) is 0 Å². The molecule has 130 valence electrons. The van der Waals surface area contributed by atoms with E-state index in [4.69, 9.17) is 4.74 Å². The number of hydrogen-bond acceptors (Lipinski definition) is 2. The van der Waals surface area contributed by atoms with Crippen molar-refractivity contribution in [3.05, 3.63) is 47.0 Å². The largest absolute Gasteiger partial charge is 0.481 e. The normalized spacial score (nSPS) is 25.7. The number of carboxylic acid groups (broad SMARTS) is 1. The van der Waals surface area contributed by atoms with Gasteiger partial charge in [-0.3, -0.25) is 4.79 Å². The van der Waals surface area contributed by atoms with E-state index < -0.39 is 5.97 Å². The smallest absolute Gasteiger partial charge is 0.306 e. The Morgan fingerprint density at radius 3 is 2.54 bits per heavy atom. The summed E-state index contributed by atoms with van der Waals surface area (Å²) in [6.07, 6.45) is 7.87. The van der Waals surface area contributed by atoms with Gasteiger partial charge in [-0.15, -0.1) is 0 Å². The van der Waals surface area contributed by atoms with Gasteiger partial charge < -0.3 is 9.84 Å². The molecule has 1 saturated carbocycles. The molecule has 0 aromatic heterocycles. The first-order valence-electron chi connectivity index (χ1n) is 9.15. The lowest BCUT2D eigenvalue weighted by atomic mass is 9.79. The quantitative estimate of drug-likeness (QED) is 0.754. The van der Waals surface area contributed by atoms with Crippen LogP contribution in [0.2, 0.25) is 0 Å². The Hall–Kier alpha value is -1.61. The Morgan fingerprint density at radius 1 is 1.25 bits per heavy atom. The zero-order chi connectivity index (χ0) is 17.1. The number of hydrogen-bond donors (Lipinski definition) is 1. The zero-order valence-corrected chi connectivity index (χ0v) is 14.7. The molecule has 0 radical (unpaired) electrons. The molecule has 2 aliphatic carbocycles. The SMILES string of the molecule is CC1=C[C@H](OCc2ccc(C3CCC3)cc2)[C@H]([C@H](C)C(=O)O)CC1. The Balaban J connectivity index is 1.62. The number of rotatable bonds is 6. The highest BCUT2D eigenvalue weighted by Gasteiger charge is 2.32. The van der Waals surface area contributed by atoms with Gasteiger partial charge in [0.15, 0.2) is 0 Å². The predicted octanol–water partition coefficient (Wildman–Crippen LogP) is 4.92. The molecule has 0 amide bonds. The van der Waals surface area contributed by atoms with Gasteiger partial charge in [0.25, 0.3) is 0 Å². The summed E-state index contributed by atoms with van der Waals surface area (Å²) in [5, 5.41) is 9.34. The first kappa shape index (κ1) is 17.2. The molecule has 1 fully saturated rings. The van der Waals surface area contributed by atoms with E-state index in [2.05, 4.69) is 37.3 Å². The number of ether oxygens (including phenoxy) is 1. The molecule has 3 rings (SSSR count). The summed E-state index contributed by atoms with van der Waals surface area (Å²) >= 11 is 0. The van der Waals surface area contributed by atoms with Gasteiger partial charge in [-0.25, -0.2) is 0 Å². The third kappa shape index (κ3) is 3.89. The van der Waals surface area contributed by atoms with Crippen molar-refractivity contribution < 1.29 is 14.6 Å². The third-order valence-electron chi connectivity index (χ3n) is 5.77. The van der Waals surface area contributed by atoms with E-state index >= 15 is 0 Å². The average Bonchev–Trinajstić information content (AvgIpc) is 2.52. The molecule has 0 aliphatic heterocycles. The van der Waals surface area contributed by atoms with Crippen molar-refractivity contribution in [3.63, 3.8) is 0 Å². The minimum atomic E-state index is -0.730. The van der Waals surface area contributed by atoms with Crippen molar-refractivity contribution in [1.29, 1.82) is 0 Å². The van der Waals surface area contributed by atoms with Crippen LogP contribution in [-0.4, -0.2) is 17.2 Å². The molecule has 1 aromatic carbocycles. The monoisotopic (exact) mass is 328 g/mol. The minimum absolute atomic E-state index is 0.0560. The van der Waals surface area contributed by atoms with Crippen LogP contribution >= 0.6 is 0 Å². The molecule has 3 nitrogen and oxygen atoms in total. The van der Waals surface area contributed by atoms with Gasteiger partial charge in [-0.2, -0.15) is 0 Å². The molecule has 1 N–H and O–H groups in total. The molecule has 0 bridgehead atoms. The average molecular weight is 328 g/mol. The van der Waals surface area contributed by atoms with Gasteiger partial charge >= 0.3 is 5.97 Å². The van der Waals surface area contributed by atoms with Gasteiger partial charge in [-0.1, -0.05) is 49.3 Å². The first-order valence-corrected chi connectivity index (χ1v) is 9.15. The molecule has 1 aromatic rings. The molecule has 0 heterocycles. The van der Waals surface area contributed by atoms with Crippen molar-refractivity contribution >= 4 is 5.97 Å². The summed E-state index contributed by atoms with van der Waals surface area (Å²) in [7, 11) is 0. The van der Waals surface area contributed by atoms with E-state index in [1.165, 1.54) is 30.4 Å². The van der Waals surface area contributed by atoms with Crippen molar-refractivity contribution in [2.24, 2.45) is 11.8 Å². The Bertz CT molecular complexity index is 598. The lowest BCUT2D eigenvalue weighted by Gasteiger charge is -2.32. The van der Waals surface area contributed by atoms with E-state index in [1.54, 1.807) is 6.92 Å². The van der Waals surface area contributed by atoms with Gasteiger partial charge in [0.05, 0.1) is 18.6 Å². The lowest BCUT2D eigenvalue weighted by Crippen LogP contribution is -2.34. The second-order valence-electron chi connectivity index (χ2n) is 7.49. The maximum atomic E-state index is 11.4. The zero-order valence-electron chi connectivity index (χ0n) is 14.7. The number of allylic oxidation sites excluding steroid dienone is 1. The molecular weight excluding hydrogens is 300 g/mol. The Morgan fingerprint density at radius 2 is 1.96 bits per heavy atom. The minimum Gasteiger partial charge on any atom is -0.481 e. The molecular formula is C21H28O3. The van der Waals surface area contributed by atoms with E-state index in [-0.39, 0.29) is 17.9 Å². The van der Waals surface area contributed by atoms with Crippen LogP contribution in [0.5, 0.6) is 0 Å². The number of carboxylic acids is 1. The molecule has 0 saturated heterocycles. The summed E-state index contributed by atoms with van der Waals surface area (Å²) in [6.45, 7) is 4.44. The number of aliphatic carboxylic acids is 1. The van der Waals surface area contributed by atoms with Crippen molar-refractivity contribution in [2.75, 3.05) is 0 Å². The van der Waals surface area contributed by atoms with Gasteiger partial charge in [0, 0.05) is 5.92 Å². The molecule has 3 heteroatoms. The highest BCUT2D eigenvalue weighted by Crippen LogP contribution is 2.36. The molecule has 0 spiro atoms. The standard InChI is InChI=1S/C21H28O3/c1-14-6-11-19(15(2)21(22)23)20(12-14)24-13-16-7-9-18(10-8-16)17-4-3-5-17/h7-10,12,15,17,19-20H,3-6,11,13H2,1-2H3,(H,22,23)/t15-,19-,20-/m0/s1. The van der Waals surface area contributed by atoms with E-state index in [1.807, 2.05) is 0 Å². The van der Waals surface area contributed by atoms with Crippen LogP contribution in [0.1, 0.15) is 63.0 Å². The Kier molecular flexibility index (Phi) is 5.40. The molecule has 0 unspecified atom stereocenters. The van der Waals surface area contributed by atoms with Crippen LogP contribution in [0.15, 0.2) is 35.9 Å². The maximum absolute atomic E-state index is 11.4. The molecule has 24 heavy (non-hydrogen) atoms. The summed E-state index contributed by atoms with van der Waals surface area (Å²) in [6, 6.07) is 8.76. The van der Waals surface area contributed by atoms with E-state index in [9.17, 15) is 9.90 Å². The summed E-state index contributed by atoms with van der Waals surface area (Å²) in [5.74, 6) is -0.295. The van der Waals surface area contributed by atoms with Crippen molar-refractivity contribution in [3.8, 4) is 0 Å². The number of benzene rings is 1. The van der Waals surface area contributed by atoms with Crippen LogP contribution in [0.3, 0.4) is 0 Å². The topological polar surface area (TPSA) is 46.5 Å². The van der Waals surface area contributed by atoms with Crippen LogP contribution in [0.25, 0.3) is 0 Å². The first-order chi connectivity index (χ1) is 11.5. The van der Waals surface area contributed by atoms with Gasteiger partial charge in [-0.05, 0) is 49.7 Å². The van der Waals surface area contributed by atoms with E-state index in [0.717, 1.165) is 24.3 Å². The van der Waals surface area contributed by atoms with Crippen LogP contribution in [-0.2, 0) is 16.1 Å². The fourth-order valence-electron chi connectivity index (χ4n) is 3.76. The van der Waals surface area contributed by atoms with Gasteiger partial charge in [0.1, 0.15) is 0 Å². The van der Waals surface area contributed by atoms with Crippen molar-refractivity contribution in [2.45, 2.75) is 64.6 Å². The molecule has 2 aliphatic rings. The highest BCUT2D eigenvalue weighted by molar-refractivity contribution is 5.70. The second-order valence-corrected chi connectivity index (χ2v) is 7.49. The highest BCUT2D eigenvalue weighted by atomic mass is 16.5. The summed E-state index contributed by atoms with van der Waals surface area (Å²) in [5.41, 5.74) is 3.90. The fraction of sp³-hybridized carbons (Fsp3) is 0.571. The van der Waals surface area contributed by atoms with Crippen molar-refractivity contribution in [1.82, 2.24) is 0 Å². The van der Waals surface area contributed by atoms with Crippen LogP contribution in [0, 0.1) is 11.8 Å². The maximum Gasteiger partial charge on any atom is 0.306 e. The summed E-state index contributed by atoms with van der Waals surface area (Å²) in [4.78, 5) is 11.4.